The molecule has 1 saturated carbocycles. The van der Waals surface area contributed by atoms with Crippen LogP contribution in [0, 0.1) is 6.92 Å². The molecule has 3 heterocycles. The number of alkyl halides is 3. The van der Waals surface area contributed by atoms with E-state index in [0.29, 0.717) is 37.8 Å². The summed E-state index contributed by atoms with van der Waals surface area (Å²) in [5, 5.41) is 0.824. The van der Waals surface area contributed by atoms with Crippen LogP contribution in [0.1, 0.15) is 36.8 Å². The molecular weight excluding hydrogens is 463 g/mol. The van der Waals surface area contributed by atoms with Gasteiger partial charge in [-0.1, -0.05) is 11.6 Å². The third-order valence-electron chi connectivity index (χ3n) is 6.40. The SMILES string of the molecule is Cc1ccc2ncnc(OC3CCC(N4C(=O)CN(c5cncc(C(F)(F)F)c5)C4=O)CC3)c2c1. The number of aromatic nitrogens is 3. The number of anilines is 1. The second-order valence-electron chi connectivity index (χ2n) is 8.81. The highest BCUT2D eigenvalue weighted by Gasteiger charge is 2.43. The second-order valence-corrected chi connectivity index (χ2v) is 8.81. The van der Waals surface area contributed by atoms with E-state index < -0.39 is 23.7 Å². The van der Waals surface area contributed by atoms with E-state index in [0.717, 1.165) is 33.6 Å². The minimum Gasteiger partial charge on any atom is -0.474 e. The summed E-state index contributed by atoms with van der Waals surface area (Å²) in [7, 11) is 0. The average Bonchev–Trinajstić information content (AvgIpc) is 3.13. The Morgan fingerprint density at radius 1 is 1.03 bits per heavy atom. The molecule has 11 heteroatoms. The van der Waals surface area contributed by atoms with Crippen molar-refractivity contribution in [1.29, 1.82) is 0 Å². The normalized spacial score (nSPS) is 21.1. The van der Waals surface area contributed by atoms with Crippen LogP contribution >= 0.6 is 0 Å². The molecule has 1 aromatic carbocycles. The Morgan fingerprint density at radius 2 is 1.80 bits per heavy atom. The number of amides is 3. The number of aryl methyl sites for hydroxylation is 1. The number of nitrogens with zero attached hydrogens (tertiary/aromatic N) is 5. The maximum atomic E-state index is 13.1. The van der Waals surface area contributed by atoms with Gasteiger partial charge in [0.15, 0.2) is 0 Å². The van der Waals surface area contributed by atoms with Gasteiger partial charge in [-0.25, -0.2) is 14.8 Å². The summed E-state index contributed by atoms with van der Waals surface area (Å²) in [4.78, 5) is 40.0. The van der Waals surface area contributed by atoms with E-state index in [1.54, 1.807) is 0 Å². The quantitative estimate of drug-likeness (QED) is 0.506. The van der Waals surface area contributed by atoms with Gasteiger partial charge in [0.1, 0.15) is 19.0 Å². The number of pyridine rings is 1. The number of urea groups is 1. The Balaban J connectivity index is 1.26. The number of fused-ring (bicyclic) bond motifs is 1. The van der Waals surface area contributed by atoms with Crippen molar-refractivity contribution in [2.24, 2.45) is 0 Å². The topological polar surface area (TPSA) is 88.5 Å². The van der Waals surface area contributed by atoms with Crippen molar-refractivity contribution in [3.8, 4) is 5.88 Å². The number of rotatable bonds is 4. The maximum Gasteiger partial charge on any atom is 0.417 e. The van der Waals surface area contributed by atoms with E-state index in [-0.39, 0.29) is 24.4 Å². The van der Waals surface area contributed by atoms with Crippen molar-refractivity contribution < 1.29 is 27.5 Å². The molecule has 35 heavy (non-hydrogen) atoms. The van der Waals surface area contributed by atoms with E-state index in [9.17, 15) is 22.8 Å². The molecule has 3 amide bonds. The lowest BCUT2D eigenvalue weighted by Gasteiger charge is -2.33. The first kappa shape index (κ1) is 23.0. The molecule has 0 N–H and O–H groups in total. The highest BCUT2D eigenvalue weighted by atomic mass is 19.4. The fourth-order valence-corrected chi connectivity index (χ4v) is 4.63. The Hall–Kier alpha value is -3.76. The van der Waals surface area contributed by atoms with Gasteiger partial charge in [-0.15, -0.1) is 0 Å². The van der Waals surface area contributed by atoms with Gasteiger partial charge in [-0.05, 0) is 50.8 Å². The predicted octanol–water partition coefficient (Wildman–Crippen LogP) is 4.51. The van der Waals surface area contributed by atoms with Crippen LogP contribution in [-0.4, -0.2) is 50.5 Å². The van der Waals surface area contributed by atoms with Crippen LogP contribution in [0.25, 0.3) is 10.9 Å². The van der Waals surface area contributed by atoms with Crippen LogP contribution in [0.15, 0.2) is 43.0 Å². The van der Waals surface area contributed by atoms with Crippen molar-refractivity contribution in [1.82, 2.24) is 19.9 Å². The van der Waals surface area contributed by atoms with Crippen molar-refractivity contribution >= 4 is 28.5 Å². The van der Waals surface area contributed by atoms with Crippen molar-refractivity contribution in [3.63, 3.8) is 0 Å². The number of hydrogen-bond donors (Lipinski definition) is 0. The van der Waals surface area contributed by atoms with E-state index in [2.05, 4.69) is 15.0 Å². The van der Waals surface area contributed by atoms with E-state index in [1.807, 2.05) is 25.1 Å². The highest BCUT2D eigenvalue weighted by Crippen LogP contribution is 2.34. The van der Waals surface area contributed by atoms with Crippen molar-refractivity contribution in [2.45, 2.75) is 50.9 Å². The number of halogens is 3. The van der Waals surface area contributed by atoms with E-state index >= 15 is 0 Å². The van der Waals surface area contributed by atoms with Gasteiger partial charge < -0.3 is 4.74 Å². The van der Waals surface area contributed by atoms with Crippen molar-refractivity contribution in [3.05, 3.63) is 54.1 Å². The minimum atomic E-state index is -4.60. The van der Waals surface area contributed by atoms with Gasteiger partial charge in [0.05, 0.1) is 28.4 Å². The molecule has 3 aromatic rings. The summed E-state index contributed by atoms with van der Waals surface area (Å²) in [5.74, 6) is 0.0627. The first-order valence-corrected chi connectivity index (χ1v) is 11.2. The second kappa shape index (κ2) is 8.79. The Bertz CT molecular complexity index is 1290. The Morgan fingerprint density at radius 3 is 2.54 bits per heavy atom. The zero-order chi connectivity index (χ0) is 24.7. The van der Waals surface area contributed by atoms with E-state index in [1.165, 1.54) is 11.2 Å². The monoisotopic (exact) mass is 485 g/mol. The van der Waals surface area contributed by atoms with Crippen LogP contribution in [0.3, 0.4) is 0 Å². The average molecular weight is 485 g/mol. The summed E-state index contributed by atoms with van der Waals surface area (Å²) in [6.45, 7) is 1.66. The van der Waals surface area contributed by atoms with Gasteiger partial charge in [0.25, 0.3) is 5.91 Å². The zero-order valence-corrected chi connectivity index (χ0v) is 18.8. The molecule has 5 rings (SSSR count). The fraction of sp³-hybridized carbons (Fsp3) is 0.375. The smallest absolute Gasteiger partial charge is 0.417 e. The molecule has 2 fully saturated rings. The standard InChI is InChI=1S/C24H22F3N5O3/c1-14-2-7-20-19(8-14)22(30-13-29-20)35-18-5-3-16(4-6-18)32-21(33)12-31(23(32)34)17-9-15(10-28-11-17)24(25,26)27/h2,7-11,13,16,18H,3-6,12H2,1H3. The summed E-state index contributed by atoms with van der Waals surface area (Å²) in [6.07, 6.45) is 0.821. The number of benzene rings is 1. The maximum absolute atomic E-state index is 13.1. The molecule has 0 bridgehead atoms. The van der Waals surface area contributed by atoms with E-state index in [4.69, 9.17) is 4.74 Å². The third kappa shape index (κ3) is 4.50. The molecule has 2 aliphatic rings. The summed E-state index contributed by atoms with van der Waals surface area (Å²) in [6, 6.07) is 5.70. The molecular formula is C24H22F3N5O3. The Kier molecular flexibility index (Phi) is 5.78. The molecule has 2 aromatic heterocycles. The first-order chi connectivity index (χ1) is 16.7. The predicted molar refractivity (Wildman–Crippen MR) is 120 cm³/mol. The van der Waals surface area contributed by atoms with Crippen LogP contribution in [-0.2, 0) is 11.0 Å². The van der Waals surface area contributed by atoms with Gasteiger partial charge in [-0.2, -0.15) is 13.2 Å². The lowest BCUT2D eigenvalue weighted by molar-refractivity contribution is -0.137. The number of carbonyl (C=O) groups excluding carboxylic acids is 2. The molecule has 8 nitrogen and oxygen atoms in total. The largest absolute Gasteiger partial charge is 0.474 e. The van der Waals surface area contributed by atoms with Crippen LogP contribution < -0.4 is 9.64 Å². The molecule has 1 aliphatic carbocycles. The molecule has 0 unspecified atom stereocenters. The summed E-state index contributed by atoms with van der Waals surface area (Å²) in [5.41, 5.74) is 0.821. The van der Waals surface area contributed by atoms with Crippen LogP contribution in [0.4, 0.5) is 23.7 Å². The molecule has 182 valence electrons. The van der Waals surface area contributed by atoms with Gasteiger partial charge in [0, 0.05) is 12.2 Å². The molecule has 0 radical (unpaired) electrons. The lowest BCUT2D eigenvalue weighted by Crippen LogP contribution is -2.44. The highest BCUT2D eigenvalue weighted by molar-refractivity contribution is 6.12. The zero-order valence-electron chi connectivity index (χ0n) is 18.8. The summed E-state index contributed by atoms with van der Waals surface area (Å²) >= 11 is 0. The van der Waals surface area contributed by atoms with Crippen LogP contribution in [0.5, 0.6) is 5.88 Å². The Labute approximate surface area is 198 Å². The molecule has 0 spiro atoms. The van der Waals surface area contributed by atoms with Gasteiger partial charge in [0.2, 0.25) is 5.88 Å². The number of ether oxygens (including phenoxy) is 1. The van der Waals surface area contributed by atoms with Gasteiger partial charge in [-0.3, -0.25) is 19.6 Å². The molecule has 1 saturated heterocycles. The summed E-state index contributed by atoms with van der Waals surface area (Å²) < 4.78 is 45.3. The number of imide groups is 1. The number of carbonyl (C=O) groups is 2. The third-order valence-corrected chi connectivity index (χ3v) is 6.40. The first-order valence-electron chi connectivity index (χ1n) is 11.2. The fourth-order valence-electron chi connectivity index (χ4n) is 4.63. The molecule has 1 aliphatic heterocycles. The van der Waals surface area contributed by atoms with Crippen LogP contribution in [0.2, 0.25) is 0 Å². The lowest BCUT2D eigenvalue weighted by atomic mass is 9.92. The van der Waals surface area contributed by atoms with Crippen molar-refractivity contribution in [2.75, 3.05) is 11.4 Å². The minimum absolute atomic E-state index is 0.0522. The molecule has 0 atom stereocenters. The van der Waals surface area contributed by atoms with Gasteiger partial charge >= 0.3 is 12.2 Å². The number of hydrogen-bond acceptors (Lipinski definition) is 6.